The third-order valence-electron chi connectivity index (χ3n) is 9.12. The molecule has 0 fully saturated rings. The number of ether oxygens (including phenoxy) is 2. The lowest BCUT2D eigenvalue weighted by molar-refractivity contribution is -0.870. The van der Waals surface area contributed by atoms with Gasteiger partial charge < -0.3 is 18.9 Å². The topological polar surface area (TPSA) is 108 Å². The summed E-state index contributed by atoms with van der Waals surface area (Å²) in [7, 11) is 1.40. The van der Waals surface area contributed by atoms with Gasteiger partial charge in [-0.2, -0.15) is 0 Å². The molecule has 0 saturated heterocycles. The van der Waals surface area contributed by atoms with Crippen LogP contribution in [0.3, 0.4) is 0 Å². The molecule has 0 aromatic rings. The maximum Gasteiger partial charge on any atom is 0.472 e. The van der Waals surface area contributed by atoms with Crippen LogP contribution in [-0.2, 0) is 32.7 Å². The maximum atomic E-state index is 12.6. The smallest absolute Gasteiger partial charge is 0.458 e. The Kier molecular flexibility index (Phi) is 36.7. The minimum Gasteiger partial charge on any atom is -0.458 e. The number of nitrogens with zero attached hydrogens (tertiary/aromatic N) is 1. The van der Waals surface area contributed by atoms with Crippen molar-refractivity contribution in [1.29, 1.82) is 0 Å². The molecule has 0 rings (SSSR count). The van der Waals surface area contributed by atoms with Gasteiger partial charge in [-0.25, -0.2) is 9.36 Å². The van der Waals surface area contributed by atoms with E-state index in [-0.39, 0.29) is 19.6 Å². The summed E-state index contributed by atoms with van der Waals surface area (Å²) in [6.45, 7) is 4.22. The number of phosphoric ester groups is 1. The number of hydrogen-bond donors (Lipinski definition) is 1. The third-order valence-corrected chi connectivity index (χ3v) is 10.1. The lowest BCUT2D eigenvalue weighted by Crippen LogP contribution is -2.37. The van der Waals surface area contributed by atoms with E-state index in [1.807, 2.05) is 39.4 Å². The molecule has 56 heavy (non-hydrogen) atoms. The minimum absolute atomic E-state index is 0.00789. The standard InChI is InChI=1S/C46H82NO8P/c1-6-8-10-12-14-16-18-20-22-23-25-27-29-31-33-35-37-39-46(49)55-44(43-54-56(50,51)53-41-40-47(3,4)5)42-52-45(48)38-36-34-32-30-28-26-24-21-19-17-15-13-11-9-7-2/h20,22,25,27,31-34,36,38,44H,6-19,21,23-24,26,28-30,35,37,39-43H2,1-5H3/p+1/b22-20+,27-25+,33-31+,34-32+,38-36+/t44-/m1/s1. The number of unbranched alkanes of at least 4 members (excludes halogenated alkanes) is 18. The fourth-order valence-electron chi connectivity index (χ4n) is 5.65. The van der Waals surface area contributed by atoms with Gasteiger partial charge in [-0.05, 0) is 51.4 Å². The van der Waals surface area contributed by atoms with Gasteiger partial charge in [0.15, 0.2) is 6.10 Å². The number of quaternary nitrogens is 1. The Morgan fingerprint density at radius 1 is 0.607 bits per heavy atom. The van der Waals surface area contributed by atoms with Crippen molar-refractivity contribution in [2.24, 2.45) is 0 Å². The summed E-state index contributed by atoms with van der Waals surface area (Å²) in [5.74, 6) is -1.12. The summed E-state index contributed by atoms with van der Waals surface area (Å²) in [6, 6.07) is 0. The van der Waals surface area contributed by atoms with Crippen molar-refractivity contribution in [2.75, 3.05) is 47.5 Å². The second-order valence-electron chi connectivity index (χ2n) is 15.8. The van der Waals surface area contributed by atoms with Crippen molar-refractivity contribution in [1.82, 2.24) is 0 Å². The van der Waals surface area contributed by atoms with E-state index in [4.69, 9.17) is 18.5 Å². The Morgan fingerprint density at radius 2 is 1.09 bits per heavy atom. The summed E-state index contributed by atoms with van der Waals surface area (Å²) in [4.78, 5) is 35.2. The molecule has 0 aliphatic heterocycles. The second-order valence-corrected chi connectivity index (χ2v) is 17.3. The van der Waals surface area contributed by atoms with Gasteiger partial charge in [0.05, 0.1) is 27.7 Å². The maximum absolute atomic E-state index is 12.6. The molecular weight excluding hydrogens is 725 g/mol. The van der Waals surface area contributed by atoms with Crippen molar-refractivity contribution in [2.45, 2.75) is 174 Å². The normalized spacial score (nSPS) is 14.2. The molecule has 0 aliphatic carbocycles. The highest BCUT2D eigenvalue weighted by molar-refractivity contribution is 7.47. The minimum atomic E-state index is -4.41. The SMILES string of the molecule is CCCCCCCC/C=C/C/C=C/C/C=C/CCCC(=O)O[C@H](COC(=O)/C=C/C=C/CCCCCCCCCCCCC)COP(=O)(O)OCC[N+](C)(C)C. The molecule has 9 nitrogen and oxygen atoms in total. The summed E-state index contributed by atoms with van der Waals surface area (Å²) in [6.07, 6.45) is 46.3. The quantitative estimate of drug-likeness (QED) is 0.0124. The van der Waals surface area contributed by atoms with Gasteiger partial charge in [0.2, 0.25) is 0 Å². The Balaban J connectivity index is 4.56. The molecule has 2 atom stereocenters. The average molecular weight is 809 g/mol. The Bertz CT molecular complexity index is 1140. The van der Waals surface area contributed by atoms with Crippen LogP contribution in [0.4, 0.5) is 0 Å². The molecule has 0 aromatic heterocycles. The molecule has 10 heteroatoms. The zero-order valence-electron chi connectivity index (χ0n) is 36.3. The first-order valence-corrected chi connectivity index (χ1v) is 23.5. The van der Waals surface area contributed by atoms with Crippen LogP contribution in [0.2, 0.25) is 0 Å². The van der Waals surface area contributed by atoms with E-state index in [2.05, 4.69) is 44.2 Å². The summed E-state index contributed by atoms with van der Waals surface area (Å²) in [5, 5.41) is 0. The van der Waals surface area contributed by atoms with Crippen LogP contribution >= 0.6 is 7.82 Å². The number of carbonyl (C=O) groups excluding carboxylic acids is 2. The van der Waals surface area contributed by atoms with Gasteiger partial charge in [-0.15, -0.1) is 0 Å². The Hall–Kier alpha value is -2.29. The highest BCUT2D eigenvalue weighted by Gasteiger charge is 2.26. The second kappa shape index (κ2) is 38.2. The Morgan fingerprint density at radius 3 is 1.62 bits per heavy atom. The van der Waals surface area contributed by atoms with Crippen LogP contribution in [0.15, 0.2) is 60.8 Å². The van der Waals surface area contributed by atoms with Crippen molar-refractivity contribution in [3.05, 3.63) is 60.8 Å². The zero-order chi connectivity index (χ0) is 41.4. The third kappa shape index (κ3) is 41.3. The van der Waals surface area contributed by atoms with E-state index in [0.29, 0.717) is 23.9 Å². The molecule has 0 bridgehead atoms. The van der Waals surface area contributed by atoms with Crippen LogP contribution in [0, 0.1) is 0 Å². The first-order chi connectivity index (χ1) is 27.0. The predicted octanol–water partition coefficient (Wildman–Crippen LogP) is 12.5. The van der Waals surface area contributed by atoms with Crippen LogP contribution in [0.1, 0.15) is 168 Å². The number of rotatable bonds is 39. The molecule has 0 aromatic carbocycles. The van der Waals surface area contributed by atoms with Gasteiger partial charge >= 0.3 is 19.8 Å². The zero-order valence-corrected chi connectivity index (χ0v) is 37.2. The molecule has 1 N–H and O–H groups in total. The van der Waals surface area contributed by atoms with Crippen LogP contribution in [0.5, 0.6) is 0 Å². The molecule has 0 heterocycles. The van der Waals surface area contributed by atoms with Gasteiger partial charge in [0, 0.05) is 12.5 Å². The van der Waals surface area contributed by atoms with Crippen molar-refractivity contribution in [3.8, 4) is 0 Å². The first kappa shape index (κ1) is 53.7. The van der Waals surface area contributed by atoms with E-state index in [1.165, 1.54) is 109 Å². The highest BCUT2D eigenvalue weighted by Crippen LogP contribution is 2.43. The van der Waals surface area contributed by atoms with Crippen LogP contribution in [-0.4, -0.2) is 74.9 Å². The summed E-state index contributed by atoms with van der Waals surface area (Å²) < 4.78 is 34.0. The number of esters is 2. The molecule has 0 amide bonds. The molecule has 0 radical (unpaired) electrons. The van der Waals surface area contributed by atoms with Gasteiger partial charge in [0.1, 0.15) is 19.8 Å². The molecule has 324 valence electrons. The Labute approximate surface area is 343 Å². The van der Waals surface area contributed by atoms with Crippen molar-refractivity contribution >= 4 is 19.8 Å². The highest BCUT2D eigenvalue weighted by atomic mass is 31.2. The molecule has 0 aliphatic rings. The average Bonchev–Trinajstić information content (AvgIpc) is 3.15. The number of carbonyl (C=O) groups is 2. The predicted molar refractivity (Wildman–Crippen MR) is 233 cm³/mol. The number of likely N-dealkylation sites (N-methyl/N-ethyl adjacent to an activating group) is 1. The number of phosphoric acid groups is 1. The number of hydrogen-bond acceptors (Lipinski definition) is 7. The number of allylic oxidation sites excluding steroid dienone is 9. The molecule has 0 spiro atoms. The van der Waals surface area contributed by atoms with Gasteiger partial charge in [0.25, 0.3) is 0 Å². The fourth-order valence-corrected chi connectivity index (χ4v) is 6.39. The molecule has 1 unspecified atom stereocenters. The monoisotopic (exact) mass is 809 g/mol. The summed E-state index contributed by atoms with van der Waals surface area (Å²) >= 11 is 0. The lowest BCUT2D eigenvalue weighted by atomic mass is 10.1. The van der Waals surface area contributed by atoms with E-state index in [9.17, 15) is 19.0 Å². The fraction of sp³-hybridized carbons (Fsp3) is 0.739. The lowest BCUT2D eigenvalue weighted by Gasteiger charge is -2.24. The van der Waals surface area contributed by atoms with E-state index in [0.717, 1.165) is 32.1 Å². The largest absolute Gasteiger partial charge is 0.472 e. The van der Waals surface area contributed by atoms with Crippen LogP contribution in [0.25, 0.3) is 0 Å². The van der Waals surface area contributed by atoms with Gasteiger partial charge in [-0.1, -0.05) is 165 Å². The van der Waals surface area contributed by atoms with Crippen LogP contribution < -0.4 is 0 Å². The van der Waals surface area contributed by atoms with Crippen molar-refractivity contribution in [3.63, 3.8) is 0 Å². The van der Waals surface area contributed by atoms with E-state index >= 15 is 0 Å². The van der Waals surface area contributed by atoms with Crippen molar-refractivity contribution < 1.29 is 42.1 Å². The molecular formula is C46H83NO8P+. The van der Waals surface area contributed by atoms with E-state index in [1.54, 1.807) is 6.08 Å². The summed E-state index contributed by atoms with van der Waals surface area (Å²) in [5.41, 5.74) is 0. The molecule has 0 saturated carbocycles. The first-order valence-electron chi connectivity index (χ1n) is 22.1. The van der Waals surface area contributed by atoms with Gasteiger partial charge in [-0.3, -0.25) is 13.8 Å². The van der Waals surface area contributed by atoms with E-state index < -0.39 is 32.5 Å².